The predicted molar refractivity (Wildman–Crippen MR) is 96.4 cm³/mol. The van der Waals surface area contributed by atoms with Crippen molar-refractivity contribution >= 4 is 5.82 Å². The van der Waals surface area contributed by atoms with Crippen LogP contribution in [0.15, 0.2) is 6.07 Å². The molecule has 0 aromatic carbocycles. The lowest BCUT2D eigenvalue weighted by Gasteiger charge is -2.38. The number of piperazine rings is 1. The SMILES string of the molecule is COCc1cc(N2CCN(CC(C)(C)O)CC2)nc(C(C)(C)C)n1. The van der Waals surface area contributed by atoms with Gasteiger partial charge in [0, 0.05) is 51.3 Å². The molecule has 2 rings (SSSR count). The molecule has 6 nitrogen and oxygen atoms in total. The van der Waals surface area contributed by atoms with Gasteiger partial charge in [0.2, 0.25) is 0 Å². The summed E-state index contributed by atoms with van der Waals surface area (Å²) in [5.74, 6) is 1.83. The fraction of sp³-hybridized carbons (Fsp3) is 0.778. The van der Waals surface area contributed by atoms with Crippen LogP contribution in [0, 0.1) is 0 Å². The van der Waals surface area contributed by atoms with Crippen molar-refractivity contribution in [3.05, 3.63) is 17.6 Å². The van der Waals surface area contributed by atoms with Crippen molar-refractivity contribution in [1.82, 2.24) is 14.9 Å². The summed E-state index contributed by atoms with van der Waals surface area (Å²) in [6, 6.07) is 2.03. The van der Waals surface area contributed by atoms with E-state index in [2.05, 4.69) is 35.6 Å². The van der Waals surface area contributed by atoms with E-state index in [0.29, 0.717) is 13.2 Å². The molecule has 1 fully saturated rings. The summed E-state index contributed by atoms with van der Waals surface area (Å²) < 4.78 is 5.26. The van der Waals surface area contributed by atoms with Gasteiger partial charge in [-0.15, -0.1) is 0 Å². The lowest BCUT2D eigenvalue weighted by atomic mass is 9.95. The third kappa shape index (κ3) is 5.40. The molecule has 1 aliphatic rings. The van der Waals surface area contributed by atoms with E-state index >= 15 is 0 Å². The summed E-state index contributed by atoms with van der Waals surface area (Å²) in [5, 5.41) is 9.98. The number of ether oxygens (including phenoxy) is 1. The molecular weight excluding hydrogens is 304 g/mol. The lowest BCUT2D eigenvalue weighted by molar-refractivity contribution is 0.0344. The van der Waals surface area contributed by atoms with Crippen LogP contribution in [0.5, 0.6) is 0 Å². The Bertz CT molecular complexity index is 541. The van der Waals surface area contributed by atoms with E-state index in [1.165, 1.54) is 0 Å². The quantitative estimate of drug-likeness (QED) is 0.885. The second kappa shape index (κ2) is 7.33. The molecule has 0 unspecified atom stereocenters. The van der Waals surface area contributed by atoms with E-state index in [9.17, 15) is 5.11 Å². The van der Waals surface area contributed by atoms with Gasteiger partial charge >= 0.3 is 0 Å². The van der Waals surface area contributed by atoms with Gasteiger partial charge in [0.1, 0.15) is 11.6 Å². The first-order valence-electron chi connectivity index (χ1n) is 8.65. The number of anilines is 1. The first kappa shape index (κ1) is 19.1. The Morgan fingerprint density at radius 3 is 2.21 bits per heavy atom. The maximum atomic E-state index is 9.98. The van der Waals surface area contributed by atoms with Gasteiger partial charge in [0.15, 0.2) is 0 Å². The topological polar surface area (TPSA) is 61.7 Å². The van der Waals surface area contributed by atoms with Crippen molar-refractivity contribution in [3.8, 4) is 0 Å². The Balaban J connectivity index is 2.13. The molecule has 2 heterocycles. The Labute approximate surface area is 145 Å². The van der Waals surface area contributed by atoms with Crippen LogP contribution < -0.4 is 4.90 Å². The fourth-order valence-corrected chi connectivity index (χ4v) is 2.88. The molecule has 1 aromatic rings. The first-order valence-corrected chi connectivity index (χ1v) is 8.65. The lowest BCUT2D eigenvalue weighted by Crippen LogP contribution is -2.50. The van der Waals surface area contributed by atoms with Gasteiger partial charge in [-0.3, -0.25) is 4.90 Å². The van der Waals surface area contributed by atoms with Gasteiger partial charge in [-0.1, -0.05) is 20.8 Å². The van der Waals surface area contributed by atoms with Crippen LogP contribution in [0.4, 0.5) is 5.82 Å². The number of β-amino-alcohol motifs (C(OH)–C–C–N with tert-alkyl or cyclic N) is 1. The van der Waals surface area contributed by atoms with Crippen LogP contribution in [0.1, 0.15) is 46.1 Å². The molecule has 0 bridgehead atoms. The molecular formula is C18H32N4O2. The number of hydrogen-bond donors (Lipinski definition) is 1. The first-order chi connectivity index (χ1) is 11.1. The van der Waals surface area contributed by atoms with Crippen molar-refractivity contribution in [1.29, 1.82) is 0 Å². The monoisotopic (exact) mass is 336 g/mol. The van der Waals surface area contributed by atoms with Crippen LogP contribution in [-0.2, 0) is 16.8 Å². The number of nitrogens with zero attached hydrogens (tertiary/aromatic N) is 4. The van der Waals surface area contributed by atoms with E-state index in [-0.39, 0.29) is 5.41 Å². The highest BCUT2D eigenvalue weighted by atomic mass is 16.5. The van der Waals surface area contributed by atoms with Gasteiger partial charge < -0.3 is 14.7 Å². The van der Waals surface area contributed by atoms with Gasteiger partial charge in [-0.25, -0.2) is 9.97 Å². The van der Waals surface area contributed by atoms with Gasteiger partial charge in [0.25, 0.3) is 0 Å². The molecule has 0 radical (unpaired) electrons. The second-order valence-corrected chi connectivity index (χ2v) is 8.30. The molecule has 1 aliphatic heterocycles. The molecule has 1 N–H and O–H groups in total. The average Bonchev–Trinajstić information content (AvgIpc) is 2.45. The molecule has 0 aliphatic carbocycles. The minimum Gasteiger partial charge on any atom is -0.389 e. The smallest absolute Gasteiger partial charge is 0.136 e. The molecule has 6 heteroatoms. The minimum atomic E-state index is -0.651. The highest BCUT2D eigenvalue weighted by Crippen LogP contribution is 2.23. The summed E-state index contributed by atoms with van der Waals surface area (Å²) in [5.41, 5.74) is 0.176. The molecule has 0 spiro atoms. The zero-order valence-electron chi connectivity index (χ0n) is 16.0. The van der Waals surface area contributed by atoms with Crippen LogP contribution in [-0.4, -0.2) is 65.4 Å². The molecule has 0 amide bonds. The number of hydrogen-bond acceptors (Lipinski definition) is 6. The Kier molecular flexibility index (Phi) is 5.83. The molecule has 0 atom stereocenters. The van der Waals surface area contributed by atoms with Crippen molar-refractivity contribution in [2.75, 3.05) is 44.7 Å². The van der Waals surface area contributed by atoms with E-state index in [1.54, 1.807) is 7.11 Å². The number of aliphatic hydroxyl groups is 1. The summed E-state index contributed by atoms with van der Waals surface area (Å²) in [6.07, 6.45) is 0. The Hall–Kier alpha value is -1.24. The van der Waals surface area contributed by atoms with E-state index in [4.69, 9.17) is 9.72 Å². The van der Waals surface area contributed by atoms with Crippen LogP contribution in [0.25, 0.3) is 0 Å². The van der Waals surface area contributed by atoms with Crippen LogP contribution >= 0.6 is 0 Å². The molecule has 136 valence electrons. The Morgan fingerprint density at radius 1 is 1.08 bits per heavy atom. The number of rotatable bonds is 5. The Morgan fingerprint density at radius 2 is 1.71 bits per heavy atom. The number of aromatic nitrogens is 2. The van der Waals surface area contributed by atoms with Crippen LogP contribution in [0.2, 0.25) is 0 Å². The zero-order chi connectivity index (χ0) is 18.0. The molecule has 1 aromatic heterocycles. The van der Waals surface area contributed by atoms with Crippen molar-refractivity contribution < 1.29 is 9.84 Å². The van der Waals surface area contributed by atoms with Gasteiger partial charge in [0.05, 0.1) is 17.9 Å². The molecule has 1 saturated heterocycles. The summed E-state index contributed by atoms with van der Waals surface area (Å²) in [4.78, 5) is 14.1. The maximum absolute atomic E-state index is 9.98. The number of methoxy groups -OCH3 is 1. The maximum Gasteiger partial charge on any atom is 0.136 e. The van der Waals surface area contributed by atoms with E-state index in [1.807, 2.05) is 19.9 Å². The third-order valence-corrected chi connectivity index (χ3v) is 4.04. The zero-order valence-corrected chi connectivity index (χ0v) is 16.0. The van der Waals surface area contributed by atoms with Crippen molar-refractivity contribution in [2.45, 2.75) is 52.2 Å². The van der Waals surface area contributed by atoms with Gasteiger partial charge in [-0.05, 0) is 13.8 Å². The fourth-order valence-electron chi connectivity index (χ4n) is 2.88. The highest BCUT2D eigenvalue weighted by molar-refractivity contribution is 5.41. The molecule has 24 heavy (non-hydrogen) atoms. The summed E-state index contributed by atoms with van der Waals surface area (Å²) in [6.45, 7) is 15.0. The van der Waals surface area contributed by atoms with Crippen LogP contribution in [0.3, 0.4) is 0 Å². The third-order valence-electron chi connectivity index (χ3n) is 4.04. The van der Waals surface area contributed by atoms with Crippen molar-refractivity contribution in [2.24, 2.45) is 0 Å². The summed E-state index contributed by atoms with van der Waals surface area (Å²) in [7, 11) is 1.69. The minimum absolute atomic E-state index is 0.0960. The predicted octanol–water partition coefficient (Wildman–Crippen LogP) is 1.81. The summed E-state index contributed by atoms with van der Waals surface area (Å²) >= 11 is 0. The average molecular weight is 336 g/mol. The van der Waals surface area contributed by atoms with Gasteiger partial charge in [-0.2, -0.15) is 0 Å². The normalized spacial score (nSPS) is 17.4. The standard InChI is InChI=1S/C18H32N4O2/c1-17(2,3)16-19-14(12-24-6)11-15(20-16)22-9-7-21(8-10-22)13-18(4,5)23/h11,23H,7-10,12-13H2,1-6H3. The van der Waals surface area contributed by atoms with E-state index in [0.717, 1.165) is 43.5 Å². The van der Waals surface area contributed by atoms with E-state index < -0.39 is 5.60 Å². The second-order valence-electron chi connectivity index (χ2n) is 8.30. The highest BCUT2D eigenvalue weighted by Gasteiger charge is 2.25. The molecule has 0 saturated carbocycles. The van der Waals surface area contributed by atoms with Crippen molar-refractivity contribution in [3.63, 3.8) is 0 Å². The largest absolute Gasteiger partial charge is 0.389 e.